The lowest BCUT2D eigenvalue weighted by atomic mass is 10.6. The Hall–Kier alpha value is -0.740. The zero-order chi connectivity index (χ0) is 5.11. The van der Waals surface area contributed by atoms with Gasteiger partial charge in [0.25, 0.3) is 5.88 Å². The fourth-order valence-corrected chi connectivity index (χ4v) is 0.328. The maximum Gasteiger partial charge on any atom is 0.252 e. The molecule has 2 N–H and O–H groups in total. The molecule has 1 rings (SSSR count). The van der Waals surface area contributed by atoms with E-state index >= 15 is 0 Å². The normalized spacial score (nSPS) is 18.1. The molecule has 0 aromatic carbocycles. The summed E-state index contributed by atoms with van der Waals surface area (Å²) in [4.78, 5) is 8.26. The zero-order valence-electron chi connectivity index (χ0n) is 3.55. The van der Waals surface area contributed by atoms with E-state index in [-0.39, 0.29) is 5.88 Å². The van der Waals surface area contributed by atoms with Crippen molar-refractivity contribution in [2.75, 3.05) is 6.61 Å². The van der Waals surface area contributed by atoms with Crippen LogP contribution in [0.1, 0.15) is 0 Å². The molecule has 7 heavy (non-hydrogen) atoms. The van der Waals surface area contributed by atoms with Crippen LogP contribution < -0.4 is 5.48 Å². The fourth-order valence-electron chi connectivity index (χ4n) is 0.328. The molecule has 0 radical (unpaired) electrons. The van der Waals surface area contributed by atoms with Gasteiger partial charge < -0.3 is 4.89 Å². The highest BCUT2D eigenvalue weighted by atomic mass is 17.1. The van der Waals surface area contributed by atoms with Crippen LogP contribution in [0.5, 0.6) is 0 Å². The Labute approximate surface area is 40.2 Å². The Morgan fingerprint density at radius 2 is 2.86 bits per heavy atom. The van der Waals surface area contributed by atoms with E-state index in [1.807, 2.05) is 0 Å². The Kier molecular flexibility index (Phi) is 1.14. The summed E-state index contributed by atoms with van der Waals surface area (Å²) >= 11 is 0. The predicted octanol–water partition coefficient (Wildman–Crippen LogP) is -0.148. The Morgan fingerprint density at radius 1 is 2.00 bits per heavy atom. The van der Waals surface area contributed by atoms with Crippen LogP contribution in [-0.2, 0) is 9.73 Å². The van der Waals surface area contributed by atoms with Crippen LogP contribution in [0, 0.1) is 0 Å². The van der Waals surface area contributed by atoms with Gasteiger partial charge in [0.05, 0.1) is 6.61 Å². The van der Waals surface area contributed by atoms with Gasteiger partial charge in [-0.1, -0.05) is 0 Å². The lowest BCUT2D eigenvalue weighted by Gasteiger charge is -1.93. The average molecular weight is 103 g/mol. The molecule has 0 unspecified atom stereocenters. The highest BCUT2D eigenvalue weighted by molar-refractivity contribution is 4.90. The second kappa shape index (κ2) is 1.81. The summed E-state index contributed by atoms with van der Waals surface area (Å²) in [6.45, 7) is 0.440. The molecule has 1 aliphatic rings. The average Bonchev–Trinajstić information content (AvgIpc) is 2.14. The highest BCUT2D eigenvalue weighted by Crippen LogP contribution is 1.95. The summed E-state index contributed by atoms with van der Waals surface area (Å²) in [5, 5.41) is 7.86. The highest BCUT2D eigenvalue weighted by Gasteiger charge is 2.01. The summed E-state index contributed by atoms with van der Waals surface area (Å²) in [5.41, 5.74) is 2.30. The third kappa shape index (κ3) is 0.819. The van der Waals surface area contributed by atoms with Gasteiger partial charge in [-0.2, -0.15) is 0 Å². The molecule has 40 valence electrons. The van der Waals surface area contributed by atoms with Gasteiger partial charge in [-0.15, -0.1) is 0 Å². The first-order valence-electron chi connectivity index (χ1n) is 1.83. The van der Waals surface area contributed by atoms with Gasteiger partial charge in [0.15, 0.2) is 0 Å². The number of hydrogen-bond donors (Lipinski definition) is 2. The maximum absolute atomic E-state index is 7.86. The summed E-state index contributed by atoms with van der Waals surface area (Å²) in [5.74, 6) is 0.250. The fraction of sp³-hybridized carbons (Fsp3) is 0.333. The number of rotatable bonds is 1. The molecule has 4 heteroatoms. The molecule has 0 bridgehead atoms. The van der Waals surface area contributed by atoms with Crippen molar-refractivity contribution in [1.29, 1.82) is 0 Å². The van der Waals surface area contributed by atoms with E-state index < -0.39 is 0 Å². The molecular formula is C3H5NO3. The minimum Gasteiger partial charge on any atom is -0.320 e. The van der Waals surface area contributed by atoms with Crippen molar-refractivity contribution in [2.45, 2.75) is 0 Å². The number of hydroxylamine groups is 1. The van der Waals surface area contributed by atoms with Crippen molar-refractivity contribution < 1.29 is 15.0 Å². The van der Waals surface area contributed by atoms with Crippen molar-refractivity contribution in [3.8, 4) is 0 Å². The minimum atomic E-state index is 0.250. The zero-order valence-corrected chi connectivity index (χ0v) is 3.55. The molecule has 4 nitrogen and oxygen atoms in total. The number of hydrogen-bond acceptors (Lipinski definition) is 4. The lowest BCUT2D eigenvalue weighted by molar-refractivity contribution is -0.217. The Balaban J connectivity index is 2.36. The summed E-state index contributed by atoms with van der Waals surface area (Å²) in [7, 11) is 0. The summed E-state index contributed by atoms with van der Waals surface area (Å²) < 4.78 is 0. The van der Waals surface area contributed by atoms with Crippen molar-refractivity contribution >= 4 is 0 Å². The van der Waals surface area contributed by atoms with Crippen molar-refractivity contribution in [3.05, 3.63) is 12.0 Å². The first kappa shape index (κ1) is 4.42. The first-order chi connectivity index (χ1) is 3.43. The predicted molar refractivity (Wildman–Crippen MR) is 20.9 cm³/mol. The van der Waals surface area contributed by atoms with E-state index in [1.54, 1.807) is 6.08 Å². The minimum absolute atomic E-state index is 0.250. The van der Waals surface area contributed by atoms with Gasteiger partial charge in [0, 0.05) is 6.08 Å². The van der Waals surface area contributed by atoms with Gasteiger partial charge >= 0.3 is 0 Å². The third-order valence-electron chi connectivity index (χ3n) is 0.623. The van der Waals surface area contributed by atoms with Gasteiger partial charge in [-0.3, -0.25) is 4.84 Å². The largest absolute Gasteiger partial charge is 0.320 e. The maximum atomic E-state index is 7.86. The van der Waals surface area contributed by atoms with E-state index in [0.717, 1.165) is 0 Å². The van der Waals surface area contributed by atoms with E-state index in [2.05, 4.69) is 15.2 Å². The quantitative estimate of drug-likeness (QED) is 0.358. The molecule has 0 fully saturated rings. The smallest absolute Gasteiger partial charge is 0.252 e. The third-order valence-corrected chi connectivity index (χ3v) is 0.623. The van der Waals surface area contributed by atoms with Crippen LogP contribution >= 0.6 is 0 Å². The molecule has 0 atom stereocenters. The Morgan fingerprint density at radius 3 is 3.14 bits per heavy atom. The first-order valence-corrected chi connectivity index (χ1v) is 1.83. The van der Waals surface area contributed by atoms with Crippen LogP contribution in [0.4, 0.5) is 0 Å². The van der Waals surface area contributed by atoms with E-state index in [1.165, 1.54) is 0 Å². The molecule has 0 spiro atoms. The molecule has 0 aliphatic carbocycles. The summed E-state index contributed by atoms with van der Waals surface area (Å²) in [6, 6.07) is 0. The molecule has 1 heterocycles. The molecule has 0 saturated carbocycles. The van der Waals surface area contributed by atoms with Crippen molar-refractivity contribution in [1.82, 2.24) is 5.48 Å². The second-order valence-corrected chi connectivity index (χ2v) is 1.07. The van der Waals surface area contributed by atoms with Crippen LogP contribution in [0.15, 0.2) is 12.0 Å². The van der Waals surface area contributed by atoms with E-state index in [9.17, 15) is 0 Å². The van der Waals surface area contributed by atoms with Gasteiger partial charge in [-0.05, 0) is 0 Å². The summed E-state index contributed by atoms with van der Waals surface area (Å²) in [6.07, 6.45) is 1.57. The van der Waals surface area contributed by atoms with E-state index in [0.29, 0.717) is 6.61 Å². The lowest BCUT2D eigenvalue weighted by Crippen LogP contribution is -2.06. The van der Waals surface area contributed by atoms with Crippen LogP contribution in [0.3, 0.4) is 0 Å². The SMILES string of the molecule is OOC1=CCON1. The van der Waals surface area contributed by atoms with Crippen LogP contribution in [0.25, 0.3) is 0 Å². The topological polar surface area (TPSA) is 50.7 Å². The van der Waals surface area contributed by atoms with Crippen LogP contribution in [-0.4, -0.2) is 11.9 Å². The molecule has 0 aromatic rings. The molecule has 0 amide bonds. The standard InChI is InChI=1S/C3H5NO3/c5-7-3-1-2-6-4-3/h1,4-5H,2H2. The molecule has 0 saturated heterocycles. The van der Waals surface area contributed by atoms with Crippen molar-refractivity contribution in [3.63, 3.8) is 0 Å². The van der Waals surface area contributed by atoms with Crippen LogP contribution in [0.2, 0.25) is 0 Å². The van der Waals surface area contributed by atoms with Gasteiger partial charge in [0.2, 0.25) is 0 Å². The molecule has 1 aliphatic heterocycles. The Bertz CT molecular complexity index is 90.2. The monoisotopic (exact) mass is 103 g/mol. The molecule has 0 aromatic heterocycles. The van der Waals surface area contributed by atoms with E-state index in [4.69, 9.17) is 5.26 Å². The van der Waals surface area contributed by atoms with Gasteiger partial charge in [0.1, 0.15) is 0 Å². The van der Waals surface area contributed by atoms with Crippen molar-refractivity contribution in [2.24, 2.45) is 0 Å². The molecular weight excluding hydrogens is 98.0 g/mol. The van der Waals surface area contributed by atoms with Gasteiger partial charge in [-0.25, -0.2) is 10.7 Å². The second-order valence-electron chi connectivity index (χ2n) is 1.07. The number of nitrogens with one attached hydrogen (secondary N) is 1.